The van der Waals surface area contributed by atoms with E-state index in [0.29, 0.717) is 12.1 Å². The highest BCUT2D eigenvalue weighted by atomic mass is 16.4. The van der Waals surface area contributed by atoms with Crippen molar-refractivity contribution >= 4 is 23.6 Å². The third-order valence-corrected chi connectivity index (χ3v) is 2.85. The van der Waals surface area contributed by atoms with E-state index in [1.165, 1.54) is 6.08 Å². The summed E-state index contributed by atoms with van der Waals surface area (Å²) in [7, 11) is 0. The first-order chi connectivity index (χ1) is 9.52. The van der Waals surface area contributed by atoms with Crippen LogP contribution in [-0.2, 0) is 9.59 Å². The zero-order valence-electron chi connectivity index (χ0n) is 11.5. The van der Waals surface area contributed by atoms with Crippen molar-refractivity contribution in [1.82, 2.24) is 5.32 Å². The molecule has 1 aromatic carbocycles. The maximum Gasteiger partial charge on any atom is 0.308 e. The van der Waals surface area contributed by atoms with Crippen LogP contribution in [0.3, 0.4) is 0 Å². The molecule has 1 amide bonds. The topological polar surface area (TPSA) is 92.4 Å². The van der Waals surface area contributed by atoms with Gasteiger partial charge in [-0.2, -0.15) is 0 Å². The number of hydrogen-bond acceptors (Lipinski definition) is 3. The van der Waals surface area contributed by atoms with E-state index in [-0.39, 0.29) is 12.5 Å². The van der Waals surface area contributed by atoms with Crippen LogP contribution in [0, 0.1) is 5.92 Å². The van der Waals surface area contributed by atoms with Gasteiger partial charge in [0.25, 0.3) is 0 Å². The molecule has 1 aromatic rings. The molecule has 1 unspecified atom stereocenters. The summed E-state index contributed by atoms with van der Waals surface area (Å²) >= 11 is 0. The predicted octanol–water partition coefficient (Wildman–Crippen LogP) is 1.90. The Morgan fingerprint density at radius 1 is 1.45 bits per heavy atom. The number of nitrogen functional groups attached to an aromatic ring is 1. The average molecular weight is 276 g/mol. The van der Waals surface area contributed by atoms with Crippen LogP contribution in [0.15, 0.2) is 30.3 Å². The maximum atomic E-state index is 11.6. The molecule has 0 fully saturated rings. The molecule has 108 valence electrons. The molecule has 1 rings (SSSR count). The third-order valence-electron chi connectivity index (χ3n) is 2.85. The van der Waals surface area contributed by atoms with Crippen molar-refractivity contribution in [2.75, 3.05) is 12.3 Å². The van der Waals surface area contributed by atoms with Gasteiger partial charge in [-0.25, -0.2) is 0 Å². The van der Waals surface area contributed by atoms with Gasteiger partial charge in [0, 0.05) is 18.3 Å². The molecule has 0 bridgehead atoms. The van der Waals surface area contributed by atoms with Gasteiger partial charge in [0.2, 0.25) is 5.91 Å². The minimum Gasteiger partial charge on any atom is -0.481 e. The first kappa shape index (κ1) is 15.8. The van der Waals surface area contributed by atoms with Gasteiger partial charge < -0.3 is 16.2 Å². The lowest BCUT2D eigenvalue weighted by Gasteiger charge is -2.10. The Kier molecular flexibility index (Phi) is 6.29. The average Bonchev–Trinajstić information content (AvgIpc) is 2.41. The number of anilines is 1. The monoisotopic (exact) mass is 276 g/mol. The molecule has 4 N–H and O–H groups in total. The minimum atomic E-state index is -0.882. The molecule has 0 radical (unpaired) electrons. The summed E-state index contributed by atoms with van der Waals surface area (Å²) in [5.41, 5.74) is 7.08. The van der Waals surface area contributed by atoms with Gasteiger partial charge in [-0.15, -0.1) is 0 Å². The van der Waals surface area contributed by atoms with Gasteiger partial charge in [0.1, 0.15) is 0 Å². The van der Waals surface area contributed by atoms with E-state index in [9.17, 15) is 9.59 Å². The molecule has 0 saturated carbocycles. The minimum absolute atomic E-state index is 0.142. The van der Waals surface area contributed by atoms with E-state index in [1.807, 2.05) is 13.0 Å². The van der Waals surface area contributed by atoms with E-state index < -0.39 is 11.9 Å². The van der Waals surface area contributed by atoms with Crippen LogP contribution >= 0.6 is 0 Å². The summed E-state index contributed by atoms with van der Waals surface area (Å²) < 4.78 is 0. The molecule has 0 aliphatic rings. The zero-order chi connectivity index (χ0) is 15.0. The molecule has 0 aromatic heterocycles. The van der Waals surface area contributed by atoms with Crippen LogP contribution < -0.4 is 11.1 Å². The normalized spacial score (nSPS) is 12.2. The Balaban J connectivity index is 2.49. The molecule has 5 heteroatoms. The van der Waals surface area contributed by atoms with Crippen molar-refractivity contribution in [1.29, 1.82) is 0 Å². The highest BCUT2D eigenvalue weighted by Gasteiger charge is 2.16. The lowest BCUT2D eigenvalue weighted by atomic mass is 10.0. The summed E-state index contributed by atoms with van der Waals surface area (Å²) in [5, 5.41) is 11.6. The Labute approximate surface area is 118 Å². The highest BCUT2D eigenvalue weighted by Crippen LogP contribution is 2.08. The van der Waals surface area contributed by atoms with Crippen LogP contribution in [-0.4, -0.2) is 23.5 Å². The second-order valence-corrected chi connectivity index (χ2v) is 4.57. The van der Waals surface area contributed by atoms with Gasteiger partial charge in [-0.1, -0.05) is 25.5 Å². The highest BCUT2D eigenvalue weighted by molar-refractivity contribution is 5.92. The largest absolute Gasteiger partial charge is 0.481 e. The van der Waals surface area contributed by atoms with Crippen LogP contribution in [0.5, 0.6) is 0 Å². The summed E-state index contributed by atoms with van der Waals surface area (Å²) in [5.74, 6) is -1.73. The maximum absolute atomic E-state index is 11.6. The number of benzene rings is 1. The number of amides is 1. The Hall–Kier alpha value is -2.30. The second kappa shape index (κ2) is 7.99. The number of carbonyl (C=O) groups is 2. The summed E-state index contributed by atoms with van der Waals surface area (Å²) in [6, 6.07) is 7.15. The molecule has 5 nitrogen and oxygen atoms in total. The van der Waals surface area contributed by atoms with E-state index >= 15 is 0 Å². The van der Waals surface area contributed by atoms with E-state index in [1.54, 1.807) is 24.3 Å². The van der Waals surface area contributed by atoms with Crippen LogP contribution in [0.25, 0.3) is 6.08 Å². The lowest BCUT2D eigenvalue weighted by Crippen LogP contribution is -2.31. The fourth-order valence-electron chi connectivity index (χ4n) is 1.78. The number of rotatable bonds is 7. The summed E-state index contributed by atoms with van der Waals surface area (Å²) in [4.78, 5) is 22.5. The van der Waals surface area contributed by atoms with Crippen LogP contribution in [0.4, 0.5) is 5.69 Å². The fraction of sp³-hybridized carbons (Fsp3) is 0.333. The Morgan fingerprint density at radius 3 is 2.80 bits per heavy atom. The second-order valence-electron chi connectivity index (χ2n) is 4.57. The molecule has 1 atom stereocenters. The van der Waals surface area contributed by atoms with Gasteiger partial charge in [-0.3, -0.25) is 9.59 Å². The molecular formula is C15H20N2O3. The van der Waals surface area contributed by atoms with Gasteiger partial charge in [-0.05, 0) is 30.2 Å². The van der Waals surface area contributed by atoms with Crippen molar-refractivity contribution in [2.45, 2.75) is 19.8 Å². The molecule has 0 spiro atoms. The predicted molar refractivity (Wildman–Crippen MR) is 78.9 cm³/mol. The van der Waals surface area contributed by atoms with Crippen molar-refractivity contribution in [2.24, 2.45) is 5.92 Å². The van der Waals surface area contributed by atoms with Crippen LogP contribution in [0.1, 0.15) is 25.3 Å². The van der Waals surface area contributed by atoms with E-state index in [0.717, 1.165) is 12.0 Å². The number of nitrogens with one attached hydrogen (secondary N) is 1. The number of hydrogen-bond donors (Lipinski definition) is 3. The van der Waals surface area contributed by atoms with E-state index in [4.69, 9.17) is 10.8 Å². The molecule has 0 saturated heterocycles. The summed E-state index contributed by atoms with van der Waals surface area (Å²) in [6.45, 7) is 2.06. The van der Waals surface area contributed by atoms with Crippen molar-refractivity contribution in [3.8, 4) is 0 Å². The molecular weight excluding hydrogens is 256 g/mol. The molecule has 20 heavy (non-hydrogen) atoms. The lowest BCUT2D eigenvalue weighted by molar-refractivity contribution is -0.141. The number of carboxylic acids is 1. The standard InChI is InChI=1S/C15H20N2O3/c1-2-4-12(15(19)20)10-17-14(18)8-7-11-5-3-6-13(16)9-11/h3,5-9,12H,2,4,10,16H2,1H3,(H,17,18)(H,19,20)/b8-7+. The van der Waals surface area contributed by atoms with Gasteiger partial charge in [0.05, 0.1) is 5.92 Å². The number of carbonyl (C=O) groups excluding carboxylic acids is 1. The van der Waals surface area contributed by atoms with Crippen LogP contribution in [0.2, 0.25) is 0 Å². The number of aliphatic carboxylic acids is 1. The number of carboxylic acid groups (broad SMARTS) is 1. The van der Waals surface area contributed by atoms with Crippen molar-refractivity contribution in [3.63, 3.8) is 0 Å². The van der Waals surface area contributed by atoms with Gasteiger partial charge >= 0.3 is 5.97 Å². The SMILES string of the molecule is CCCC(CNC(=O)/C=C/c1cccc(N)c1)C(=O)O. The fourth-order valence-corrected chi connectivity index (χ4v) is 1.78. The molecule has 0 heterocycles. The Bertz CT molecular complexity index is 498. The smallest absolute Gasteiger partial charge is 0.308 e. The van der Waals surface area contributed by atoms with Gasteiger partial charge in [0.15, 0.2) is 0 Å². The third kappa shape index (κ3) is 5.56. The summed E-state index contributed by atoms with van der Waals surface area (Å²) in [6.07, 6.45) is 4.33. The number of nitrogens with two attached hydrogens (primary N) is 1. The van der Waals surface area contributed by atoms with E-state index in [2.05, 4.69) is 5.32 Å². The Morgan fingerprint density at radius 2 is 2.20 bits per heavy atom. The van der Waals surface area contributed by atoms with Crippen molar-refractivity contribution in [3.05, 3.63) is 35.9 Å². The molecule has 0 aliphatic carbocycles. The first-order valence-electron chi connectivity index (χ1n) is 6.57. The first-order valence-corrected chi connectivity index (χ1v) is 6.57. The zero-order valence-corrected chi connectivity index (χ0v) is 11.5. The van der Waals surface area contributed by atoms with Crippen molar-refractivity contribution < 1.29 is 14.7 Å². The quantitative estimate of drug-likeness (QED) is 0.524. The molecule has 0 aliphatic heterocycles.